The lowest BCUT2D eigenvalue weighted by atomic mass is 10.1. The van der Waals surface area contributed by atoms with Gasteiger partial charge in [-0.05, 0) is 6.92 Å². The van der Waals surface area contributed by atoms with E-state index in [1.54, 1.807) is 0 Å². The van der Waals surface area contributed by atoms with Crippen LogP contribution in [-0.2, 0) is 0 Å². The van der Waals surface area contributed by atoms with Crippen LogP contribution in [0.5, 0.6) is 0 Å². The van der Waals surface area contributed by atoms with Crippen LogP contribution < -0.4 is 0 Å². The summed E-state index contributed by atoms with van der Waals surface area (Å²) in [5.74, 6) is 0. The molecule has 0 fully saturated rings. The second-order valence-corrected chi connectivity index (χ2v) is 3.70. The number of aryl methyl sites for hydroxylation is 1. The van der Waals surface area contributed by atoms with Gasteiger partial charge in [-0.15, -0.1) is 0 Å². The van der Waals surface area contributed by atoms with Crippen LogP contribution in [0.15, 0.2) is 24.3 Å². The summed E-state index contributed by atoms with van der Waals surface area (Å²) in [4.78, 5) is 0. The third-order valence-corrected chi connectivity index (χ3v) is 1.99. The molecule has 1 rings (SSSR count). The fourth-order valence-corrected chi connectivity index (χ4v) is 1.09. The summed E-state index contributed by atoms with van der Waals surface area (Å²) >= 11 is 2.79. The monoisotopic (exact) mass is 146 g/mol. The van der Waals surface area contributed by atoms with Crippen molar-refractivity contribution in [2.24, 2.45) is 0 Å². The van der Waals surface area contributed by atoms with E-state index in [1.165, 1.54) is 11.1 Å². The lowest BCUT2D eigenvalue weighted by molar-refractivity contribution is 1.08. The van der Waals surface area contributed by atoms with E-state index in [4.69, 9.17) is 0 Å². The predicted octanol–water partition coefficient (Wildman–Crippen LogP) is 2.22. The number of benzene rings is 1. The lowest BCUT2D eigenvalue weighted by Gasteiger charge is -2.04. The molecule has 0 N–H and O–H groups in total. The van der Waals surface area contributed by atoms with Gasteiger partial charge in [-0.3, -0.25) is 0 Å². The summed E-state index contributed by atoms with van der Waals surface area (Å²) in [6.07, 6.45) is 0. The van der Waals surface area contributed by atoms with E-state index in [9.17, 15) is 0 Å². The highest BCUT2D eigenvalue weighted by atomic mass is 27.0. The minimum Gasteiger partial charge on any atom is -0.0867 e. The van der Waals surface area contributed by atoms with Crippen molar-refractivity contribution >= 4 is 16.3 Å². The van der Waals surface area contributed by atoms with Crippen LogP contribution in [0.25, 0.3) is 0 Å². The quantitative estimate of drug-likeness (QED) is 0.533. The molecule has 1 aromatic carbocycles. The molecule has 0 amide bonds. The first kappa shape index (κ1) is 7.86. The van der Waals surface area contributed by atoms with E-state index >= 15 is 0 Å². The Balaban J connectivity index is 2.89. The SMILES string of the molecule is Cc1ccc([CH](C)[Al])cc1. The van der Waals surface area contributed by atoms with E-state index < -0.39 is 0 Å². The lowest BCUT2D eigenvalue weighted by Crippen LogP contribution is -1.90. The highest BCUT2D eigenvalue weighted by Crippen LogP contribution is 2.11. The van der Waals surface area contributed by atoms with Gasteiger partial charge in [0.15, 0.2) is 0 Å². The summed E-state index contributed by atoms with van der Waals surface area (Å²) in [6, 6.07) is 8.64. The molecule has 0 aliphatic rings. The minimum absolute atomic E-state index is 0.570. The van der Waals surface area contributed by atoms with E-state index in [0.29, 0.717) is 4.78 Å². The molecule has 0 aromatic heterocycles. The van der Waals surface area contributed by atoms with Crippen LogP contribution in [0.3, 0.4) is 0 Å². The summed E-state index contributed by atoms with van der Waals surface area (Å²) in [7, 11) is 0. The molecule has 0 saturated heterocycles. The Hall–Kier alpha value is -0.248. The zero-order chi connectivity index (χ0) is 7.56. The standard InChI is InChI=1S/C9H11.Al/c1-3-9-6-4-8(2)5-7-9;/h3-7H,1-2H3;. The van der Waals surface area contributed by atoms with Crippen LogP contribution in [0, 0.1) is 6.92 Å². The Morgan fingerprint density at radius 2 is 1.70 bits per heavy atom. The fourth-order valence-electron chi connectivity index (χ4n) is 0.870. The topological polar surface area (TPSA) is 0 Å². The number of hydrogen-bond acceptors (Lipinski definition) is 0. The Morgan fingerprint density at radius 3 is 2.10 bits per heavy atom. The van der Waals surface area contributed by atoms with Crippen LogP contribution in [-0.4, -0.2) is 16.3 Å². The maximum atomic E-state index is 2.79. The van der Waals surface area contributed by atoms with Gasteiger partial charge in [-0.1, -0.05) is 47.1 Å². The van der Waals surface area contributed by atoms with Gasteiger partial charge >= 0.3 is 0 Å². The first-order chi connectivity index (χ1) is 4.70. The molecule has 1 atom stereocenters. The summed E-state index contributed by atoms with van der Waals surface area (Å²) in [6.45, 7) is 4.28. The van der Waals surface area contributed by atoms with Gasteiger partial charge < -0.3 is 0 Å². The van der Waals surface area contributed by atoms with E-state index in [-0.39, 0.29) is 0 Å². The van der Waals surface area contributed by atoms with Gasteiger partial charge in [0.25, 0.3) is 0 Å². The molecule has 0 aliphatic heterocycles. The van der Waals surface area contributed by atoms with Crippen molar-refractivity contribution < 1.29 is 0 Å². The van der Waals surface area contributed by atoms with Crippen molar-refractivity contribution in [2.75, 3.05) is 0 Å². The molecule has 1 aromatic rings. The highest BCUT2D eigenvalue weighted by molar-refractivity contribution is 6.12. The van der Waals surface area contributed by atoms with Gasteiger partial charge in [-0.25, -0.2) is 0 Å². The highest BCUT2D eigenvalue weighted by Gasteiger charge is 1.94. The smallest absolute Gasteiger partial charge is 0.0867 e. The maximum Gasteiger partial charge on any atom is 0.131 e. The van der Waals surface area contributed by atoms with Gasteiger partial charge in [0.05, 0.1) is 0 Å². The molecular weight excluding hydrogens is 135 g/mol. The number of rotatable bonds is 1. The van der Waals surface area contributed by atoms with Crippen molar-refractivity contribution in [3.63, 3.8) is 0 Å². The normalized spacial score (nSPS) is 13.0. The second kappa shape index (κ2) is 3.23. The zero-order valence-corrected chi connectivity index (χ0v) is 7.62. The van der Waals surface area contributed by atoms with Gasteiger partial charge in [-0.2, -0.15) is 0 Å². The summed E-state index contributed by atoms with van der Waals surface area (Å²) in [5, 5.41) is 0. The Morgan fingerprint density at radius 1 is 1.20 bits per heavy atom. The van der Waals surface area contributed by atoms with Gasteiger partial charge in [0.1, 0.15) is 16.3 Å². The molecule has 2 radical (unpaired) electrons. The molecule has 0 nitrogen and oxygen atoms in total. The van der Waals surface area contributed by atoms with Crippen molar-refractivity contribution in [1.82, 2.24) is 0 Å². The minimum atomic E-state index is 0.570. The molecule has 0 aliphatic carbocycles. The summed E-state index contributed by atoms with van der Waals surface area (Å²) in [5.41, 5.74) is 2.71. The first-order valence-corrected chi connectivity index (χ1v) is 4.19. The van der Waals surface area contributed by atoms with Crippen LogP contribution in [0.2, 0.25) is 0 Å². The van der Waals surface area contributed by atoms with E-state index in [0.717, 1.165) is 0 Å². The molecule has 0 bridgehead atoms. The Kier molecular flexibility index (Phi) is 2.54. The molecule has 0 spiro atoms. The maximum absolute atomic E-state index is 2.79. The molecule has 1 heteroatoms. The first-order valence-electron chi connectivity index (χ1n) is 3.52. The average Bonchev–Trinajstić information content (AvgIpc) is 1.88. The molecule has 0 saturated carbocycles. The molecule has 50 valence electrons. The number of hydrogen-bond donors (Lipinski definition) is 0. The predicted molar refractivity (Wildman–Crippen MR) is 45.3 cm³/mol. The molecule has 10 heavy (non-hydrogen) atoms. The van der Waals surface area contributed by atoms with Crippen molar-refractivity contribution in [3.05, 3.63) is 35.4 Å². The summed E-state index contributed by atoms with van der Waals surface area (Å²) < 4.78 is 0.570. The van der Waals surface area contributed by atoms with Crippen molar-refractivity contribution in [2.45, 2.75) is 18.6 Å². The van der Waals surface area contributed by atoms with E-state index in [2.05, 4.69) is 54.4 Å². The van der Waals surface area contributed by atoms with Gasteiger partial charge in [0.2, 0.25) is 0 Å². The Bertz CT molecular complexity index is 198. The second-order valence-electron chi connectivity index (χ2n) is 2.70. The molecular formula is C9H11Al. The molecule has 1 unspecified atom stereocenters. The van der Waals surface area contributed by atoms with Crippen molar-refractivity contribution in [1.29, 1.82) is 0 Å². The zero-order valence-electron chi connectivity index (χ0n) is 6.46. The fraction of sp³-hybridized carbons (Fsp3) is 0.333. The van der Waals surface area contributed by atoms with Crippen molar-refractivity contribution in [3.8, 4) is 0 Å². The van der Waals surface area contributed by atoms with Crippen LogP contribution in [0.4, 0.5) is 0 Å². The Labute approximate surface area is 70.7 Å². The average molecular weight is 146 g/mol. The third-order valence-electron chi connectivity index (χ3n) is 1.60. The largest absolute Gasteiger partial charge is 0.131 e. The third kappa shape index (κ3) is 1.87. The van der Waals surface area contributed by atoms with Gasteiger partial charge in [0, 0.05) is 0 Å². The van der Waals surface area contributed by atoms with Crippen LogP contribution >= 0.6 is 0 Å². The van der Waals surface area contributed by atoms with Crippen LogP contribution in [0.1, 0.15) is 22.8 Å². The molecule has 0 heterocycles. The van der Waals surface area contributed by atoms with E-state index in [1.807, 2.05) is 0 Å².